The molecule has 0 saturated heterocycles. The fourth-order valence-corrected chi connectivity index (χ4v) is 3.30. The van der Waals surface area contributed by atoms with Crippen LogP contribution < -0.4 is 0 Å². The SMILES string of the molecule is COCCOCCOC1C(C)[C@H](C)C(C)C(C)[C@@H]1C. The number of rotatable bonds is 7. The third kappa shape index (κ3) is 4.44. The second-order valence-electron chi connectivity index (χ2n) is 6.24. The highest BCUT2D eigenvalue weighted by Crippen LogP contribution is 2.42. The van der Waals surface area contributed by atoms with Crippen molar-refractivity contribution in [3.05, 3.63) is 0 Å². The Labute approximate surface area is 119 Å². The van der Waals surface area contributed by atoms with E-state index in [1.54, 1.807) is 7.11 Å². The van der Waals surface area contributed by atoms with E-state index in [1.807, 2.05) is 0 Å². The van der Waals surface area contributed by atoms with Gasteiger partial charge < -0.3 is 14.2 Å². The number of hydrogen-bond acceptors (Lipinski definition) is 3. The molecule has 3 heteroatoms. The molecule has 0 aromatic carbocycles. The van der Waals surface area contributed by atoms with Crippen molar-refractivity contribution in [3.8, 4) is 0 Å². The van der Waals surface area contributed by atoms with Crippen LogP contribution in [-0.2, 0) is 14.2 Å². The van der Waals surface area contributed by atoms with Crippen molar-refractivity contribution in [1.29, 1.82) is 0 Å². The highest BCUT2D eigenvalue weighted by atomic mass is 16.5. The van der Waals surface area contributed by atoms with Crippen LogP contribution in [0.25, 0.3) is 0 Å². The van der Waals surface area contributed by atoms with Gasteiger partial charge in [-0.05, 0) is 29.6 Å². The molecule has 0 amide bonds. The largest absolute Gasteiger partial charge is 0.382 e. The minimum absolute atomic E-state index is 0.368. The third-order valence-electron chi connectivity index (χ3n) is 5.32. The maximum Gasteiger partial charge on any atom is 0.0704 e. The molecule has 0 aromatic rings. The summed E-state index contributed by atoms with van der Waals surface area (Å²) in [6, 6.07) is 0. The van der Waals surface area contributed by atoms with E-state index in [2.05, 4.69) is 34.6 Å². The summed E-state index contributed by atoms with van der Waals surface area (Å²) in [5.74, 6) is 3.49. The Kier molecular flexibility index (Phi) is 7.33. The van der Waals surface area contributed by atoms with Gasteiger partial charge in [-0.3, -0.25) is 0 Å². The average molecular weight is 272 g/mol. The maximum absolute atomic E-state index is 6.11. The molecule has 1 aliphatic rings. The fraction of sp³-hybridized carbons (Fsp3) is 1.00. The normalized spacial score (nSPS) is 39.5. The maximum atomic E-state index is 6.11. The summed E-state index contributed by atoms with van der Waals surface area (Å²) in [4.78, 5) is 0. The molecule has 0 radical (unpaired) electrons. The van der Waals surface area contributed by atoms with E-state index in [4.69, 9.17) is 14.2 Å². The lowest BCUT2D eigenvalue weighted by atomic mass is 9.63. The van der Waals surface area contributed by atoms with Gasteiger partial charge in [0.2, 0.25) is 0 Å². The molecule has 1 rings (SSSR count). The van der Waals surface area contributed by atoms with Crippen LogP contribution in [0.4, 0.5) is 0 Å². The van der Waals surface area contributed by atoms with E-state index < -0.39 is 0 Å². The zero-order valence-corrected chi connectivity index (χ0v) is 13.5. The van der Waals surface area contributed by atoms with Gasteiger partial charge in [-0.25, -0.2) is 0 Å². The van der Waals surface area contributed by atoms with Gasteiger partial charge in [0.05, 0.1) is 32.5 Å². The standard InChI is InChI=1S/C16H32O3/c1-11-12(2)14(4)16(15(5)13(11)3)19-10-9-18-8-7-17-6/h11-16H,7-10H2,1-6H3/t11?,12-,13?,14?,15+,16?/m1/s1. The molecule has 0 bridgehead atoms. The summed E-state index contributed by atoms with van der Waals surface area (Å²) in [5, 5.41) is 0. The minimum atomic E-state index is 0.368. The van der Waals surface area contributed by atoms with Crippen LogP contribution in [-0.4, -0.2) is 39.6 Å². The Morgan fingerprint density at radius 1 is 0.632 bits per heavy atom. The summed E-state index contributed by atoms with van der Waals surface area (Å²) in [7, 11) is 1.69. The van der Waals surface area contributed by atoms with E-state index in [-0.39, 0.29) is 0 Å². The molecule has 0 aliphatic heterocycles. The van der Waals surface area contributed by atoms with E-state index in [0.717, 1.165) is 17.8 Å². The molecule has 114 valence electrons. The van der Waals surface area contributed by atoms with Crippen molar-refractivity contribution < 1.29 is 14.2 Å². The molecule has 4 unspecified atom stereocenters. The molecule has 1 saturated carbocycles. The van der Waals surface area contributed by atoms with Crippen molar-refractivity contribution in [3.63, 3.8) is 0 Å². The number of methoxy groups -OCH3 is 1. The molecular formula is C16H32O3. The molecular weight excluding hydrogens is 240 g/mol. The van der Waals surface area contributed by atoms with Crippen molar-refractivity contribution in [1.82, 2.24) is 0 Å². The van der Waals surface area contributed by atoms with E-state index >= 15 is 0 Å². The molecule has 0 heterocycles. The third-order valence-corrected chi connectivity index (χ3v) is 5.32. The van der Waals surface area contributed by atoms with E-state index in [9.17, 15) is 0 Å². The van der Waals surface area contributed by atoms with Crippen LogP contribution in [0.15, 0.2) is 0 Å². The Balaban J connectivity index is 2.34. The van der Waals surface area contributed by atoms with Crippen LogP contribution in [0, 0.1) is 29.6 Å². The predicted octanol–water partition coefficient (Wildman–Crippen LogP) is 3.23. The van der Waals surface area contributed by atoms with Crippen molar-refractivity contribution in [2.45, 2.75) is 40.7 Å². The highest BCUT2D eigenvalue weighted by molar-refractivity contribution is 4.90. The Morgan fingerprint density at radius 3 is 1.63 bits per heavy atom. The first-order valence-electron chi connectivity index (χ1n) is 7.69. The Bertz CT molecular complexity index is 228. The smallest absolute Gasteiger partial charge is 0.0704 e. The lowest BCUT2D eigenvalue weighted by molar-refractivity contribution is -0.107. The molecule has 0 aromatic heterocycles. The monoisotopic (exact) mass is 272 g/mol. The van der Waals surface area contributed by atoms with Gasteiger partial charge in [0.15, 0.2) is 0 Å². The molecule has 1 fully saturated rings. The molecule has 0 N–H and O–H groups in total. The predicted molar refractivity (Wildman–Crippen MR) is 78.3 cm³/mol. The first-order chi connectivity index (χ1) is 9.00. The van der Waals surface area contributed by atoms with Crippen LogP contribution in [0.1, 0.15) is 34.6 Å². The minimum Gasteiger partial charge on any atom is -0.382 e. The number of hydrogen-bond donors (Lipinski definition) is 0. The first kappa shape index (κ1) is 16.9. The number of ether oxygens (including phenoxy) is 3. The van der Waals surface area contributed by atoms with Crippen molar-refractivity contribution >= 4 is 0 Å². The zero-order chi connectivity index (χ0) is 14.4. The quantitative estimate of drug-likeness (QED) is 0.666. The van der Waals surface area contributed by atoms with E-state index in [0.29, 0.717) is 44.4 Å². The Hall–Kier alpha value is -0.120. The summed E-state index contributed by atoms with van der Waals surface area (Å²) >= 11 is 0. The average Bonchev–Trinajstić information content (AvgIpc) is 2.41. The topological polar surface area (TPSA) is 27.7 Å². The van der Waals surface area contributed by atoms with Crippen molar-refractivity contribution in [2.24, 2.45) is 29.6 Å². The van der Waals surface area contributed by atoms with Gasteiger partial charge in [-0.15, -0.1) is 0 Å². The van der Waals surface area contributed by atoms with Gasteiger partial charge in [-0.2, -0.15) is 0 Å². The lowest BCUT2D eigenvalue weighted by Gasteiger charge is -2.46. The molecule has 1 aliphatic carbocycles. The van der Waals surface area contributed by atoms with Gasteiger partial charge in [0.25, 0.3) is 0 Å². The molecule has 3 nitrogen and oxygen atoms in total. The lowest BCUT2D eigenvalue weighted by Crippen LogP contribution is -2.46. The van der Waals surface area contributed by atoms with Crippen LogP contribution in [0.3, 0.4) is 0 Å². The summed E-state index contributed by atoms with van der Waals surface area (Å²) in [6.07, 6.45) is 0.368. The van der Waals surface area contributed by atoms with Gasteiger partial charge in [0.1, 0.15) is 0 Å². The molecule has 6 atom stereocenters. The second kappa shape index (κ2) is 8.23. The second-order valence-corrected chi connectivity index (χ2v) is 6.24. The summed E-state index contributed by atoms with van der Waals surface area (Å²) < 4.78 is 16.5. The van der Waals surface area contributed by atoms with Crippen molar-refractivity contribution in [2.75, 3.05) is 33.5 Å². The highest BCUT2D eigenvalue weighted by Gasteiger charge is 2.41. The van der Waals surface area contributed by atoms with E-state index in [1.165, 1.54) is 0 Å². The summed E-state index contributed by atoms with van der Waals surface area (Å²) in [5.41, 5.74) is 0. The van der Waals surface area contributed by atoms with Crippen LogP contribution in [0.5, 0.6) is 0 Å². The Morgan fingerprint density at radius 2 is 1.11 bits per heavy atom. The summed E-state index contributed by atoms with van der Waals surface area (Å²) in [6.45, 7) is 14.4. The van der Waals surface area contributed by atoms with Gasteiger partial charge in [-0.1, -0.05) is 34.6 Å². The molecule has 0 spiro atoms. The van der Waals surface area contributed by atoms with Gasteiger partial charge in [0, 0.05) is 7.11 Å². The zero-order valence-electron chi connectivity index (χ0n) is 13.5. The van der Waals surface area contributed by atoms with Crippen LogP contribution in [0.2, 0.25) is 0 Å². The molecule has 19 heavy (non-hydrogen) atoms. The van der Waals surface area contributed by atoms with Gasteiger partial charge >= 0.3 is 0 Å². The van der Waals surface area contributed by atoms with Crippen LogP contribution >= 0.6 is 0 Å². The first-order valence-corrected chi connectivity index (χ1v) is 7.69. The fourth-order valence-electron chi connectivity index (χ4n) is 3.30.